The number of hydrogen-bond acceptors (Lipinski definition) is 5. The van der Waals surface area contributed by atoms with Gasteiger partial charge in [0.1, 0.15) is 23.2 Å². The average molecular weight is 341 g/mol. The number of rotatable bonds is 5. The molecule has 0 saturated carbocycles. The predicted octanol–water partition coefficient (Wildman–Crippen LogP) is 2.57. The lowest BCUT2D eigenvalue weighted by Crippen LogP contribution is -2.33. The first kappa shape index (κ1) is 16.0. The SMILES string of the molecule is CCc1ncc(CN2CCn3c(Cc4ccccc4F)nnc3C2)o1. The standard InChI is InChI=1S/C18H20FN5O/c1-2-18-20-10-14(25-18)11-23-7-8-24-16(21-22-17(24)12-23)9-13-5-3-4-6-15(13)19/h3-6,10H,2,7-9,11-12H2,1H3. The number of nitrogens with zero attached hydrogens (tertiary/aromatic N) is 5. The largest absolute Gasteiger partial charge is 0.444 e. The van der Waals surface area contributed by atoms with Crippen LogP contribution in [-0.2, 0) is 32.5 Å². The molecule has 0 saturated heterocycles. The molecule has 0 unspecified atom stereocenters. The number of fused-ring (bicyclic) bond motifs is 1. The summed E-state index contributed by atoms with van der Waals surface area (Å²) in [6, 6.07) is 6.81. The van der Waals surface area contributed by atoms with Crippen LogP contribution in [0.2, 0.25) is 0 Å². The Labute approximate surface area is 145 Å². The van der Waals surface area contributed by atoms with Gasteiger partial charge in [0, 0.05) is 25.9 Å². The molecule has 0 N–H and O–H groups in total. The molecule has 4 rings (SSSR count). The summed E-state index contributed by atoms with van der Waals surface area (Å²) in [4.78, 5) is 6.50. The van der Waals surface area contributed by atoms with E-state index in [-0.39, 0.29) is 5.82 Å². The fourth-order valence-corrected chi connectivity index (χ4v) is 3.15. The van der Waals surface area contributed by atoms with Crippen LogP contribution < -0.4 is 0 Å². The van der Waals surface area contributed by atoms with Gasteiger partial charge in [0.05, 0.1) is 19.3 Å². The molecule has 6 nitrogen and oxygen atoms in total. The first-order valence-electron chi connectivity index (χ1n) is 8.53. The van der Waals surface area contributed by atoms with Crippen molar-refractivity contribution in [2.45, 2.75) is 39.4 Å². The highest BCUT2D eigenvalue weighted by Gasteiger charge is 2.22. The van der Waals surface area contributed by atoms with Gasteiger partial charge in [0.15, 0.2) is 5.89 Å². The zero-order valence-corrected chi connectivity index (χ0v) is 14.2. The van der Waals surface area contributed by atoms with Crippen molar-refractivity contribution >= 4 is 0 Å². The topological polar surface area (TPSA) is 60.0 Å². The van der Waals surface area contributed by atoms with Crippen molar-refractivity contribution in [2.75, 3.05) is 6.54 Å². The molecule has 25 heavy (non-hydrogen) atoms. The summed E-state index contributed by atoms with van der Waals surface area (Å²) in [6.07, 6.45) is 3.05. The molecule has 0 fully saturated rings. The van der Waals surface area contributed by atoms with E-state index in [1.54, 1.807) is 18.3 Å². The molecule has 0 bridgehead atoms. The first-order chi connectivity index (χ1) is 12.2. The van der Waals surface area contributed by atoms with Crippen LogP contribution >= 0.6 is 0 Å². The second-order valence-electron chi connectivity index (χ2n) is 6.24. The highest BCUT2D eigenvalue weighted by molar-refractivity contribution is 5.21. The average Bonchev–Trinajstić information content (AvgIpc) is 3.24. The Morgan fingerprint density at radius 3 is 2.88 bits per heavy atom. The summed E-state index contributed by atoms with van der Waals surface area (Å²) >= 11 is 0. The van der Waals surface area contributed by atoms with Gasteiger partial charge < -0.3 is 8.98 Å². The molecule has 0 atom stereocenters. The summed E-state index contributed by atoms with van der Waals surface area (Å²) in [5.41, 5.74) is 0.647. The Morgan fingerprint density at radius 2 is 2.08 bits per heavy atom. The summed E-state index contributed by atoms with van der Waals surface area (Å²) in [5, 5.41) is 8.58. The number of hydrogen-bond donors (Lipinski definition) is 0. The smallest absolute Gasteiger partial charge is 0.194 e. The highest BCUT2D eigenvalue weighted by atomic mass is 19.1. The molecule has 0 spiro atoms. The van der Waals surface area contributed by atoms with Crippen molar-refractivity contribution in [1.82, 2.24) is 24.6 Å². The third-order valence-electron chi connectivity index (χ3n) is 4.50. The third-order valence-corrected chi connectivity index (χ3v) is 4.50. The van der Waals surface area contributed by atoms with Crippen LogP contribution in [0.3, 0.4) is 0 Å². The lowest BCUT2D eigenvalue weighted by Gasteiger charge is -2.26. The van der Waals surface area contributed by atoms with Crippen molar-refractivity contribution in [2.24, 2.45) is 0 Å². The Bertz CT molecular complexity index is 872. The van der Waals surface area contributed by atoms with Gasteiger partial charge in [-0.2, -0.15) is 0 Å². The molecule has 1 aliphatic rings. The molecule has 7 heteroatoms. The fraction of sp³-hybridized carbons (Fsp3) is 0.389. The molecule has 0 radical (unpaired) electrons. The number of halogens is 1. The number of benzene rings is 1. The molecule has 3 heterocycles. The summed E-state index contributed by atoms with van der Waals surface area (Å²) < 4.78 is 21.6. The van der Waals surface area contributed by atoms with Crippen LogP contribution in [0.5, 0.6) is 0 Å². The van der Waals surface area contributed by atoms with Gasteiger partial charge in [0.2, 0.25) is 0 Å². The molecule has 1 aromatic carbocycles. The maximum Gasteiger partial charge on any atom is 0.194 e. The predicted molar refractivity (Wildman–Crippen MR) is 89.2 cm³/mol. The van der Waals surface area contributed by atoms with E-state index in [1.807, 2.05) is 13.0 Å². The van der Waals surface area contributed by atoms with E-state index in [4.69, 9.17) is 4.42 Å². The van der Waals surface area contributed by atoms with E-state index < -0.39 is 0 Å². The third kappa shape index (κ3) is 3.32. The minimum atomic E-state index is -0.200. The molecule has 0 amide bonds. The number of aromatic nitrogens is 4. The Kier molecular flexibility index (Phi) is 4.31. The van der Waals surface area contributed by atoms with E-state index >= 15 is 0 Å². The summed E-state index contributed by atoms with van der Waals surface area (Å²) in [6.45, 7) is 5.10. The van der Waals surface area contributed by atoms with Crippen molar-refractivity contribution < 1.29 is 8.81 Å². The van der Waals surface area contributed by atoms with Crippen LogP contribution in [0.25, 0.3) is 0 Å². The van der Waals surface area contributed by atoms with E-state index in [0.29, 0.717) is 25.1 Å². The van der Waals surface area contributed by atoms with E-state index in [9.17, 15) is 4.39 Å². The monoisotopic (exact) mass is 341 g/mol. The lowest BCUT2D eigenvalue weighted by atomic mass is 10.1. The van der Waals surface area contributed by atoms with Gasteiger partial charge in [-0.05, 0) is 11.6 Å². The maximum absolute atomic E-state index is 13.9. The summed E-state index contributed by atoms with van der Waals surface area (Å²) in [5.74, 6) is 3.16. The Balaban J connectivity index is 1.46. The molecule has 130 valence electrons. The molecule has 3 aromatic rings. The Hall–Kier alpha value is -2.54. The highest BCUT2D eigenvalue weighted by Crippen LogP contribution is 2.18. The van der Waals surface area contributed by atoms with Crippen LogP contribution in [0.15, 0.2) is 34.9 Å². The first-order valence-corrected chi connectivity index (χ1v) is 8.53. The van der Waals surface area contributed by atoms with E-state index in [1.165, 1.54) is 6.07 Å². The van der Waals surface area contributed by atoms with Crippen LogP contribution in [0.4, 0.5) is 4.39 Å². The fourth-order valence-electron chi connectivity index (χ4n) is 3.15. The van der Waals surface area contributed by atoms with Gasteiger partial charge in [-0.3, -0.25) is 4.90 Å². The van der Waals surface area contributed by atoms with E-state index in [2.05, 4.69) is 24.6 Å². The second kappa shape index (κ2) is 6.76. The minimum absolute atomic E-state index is 0.200. The van der Waals surface area contributed by atoms with Crippen LogP contribution in [0.1, 0.15) is 35.8 Å². The van der Waals surface area contributed by atoms with Crippen molar-refractivity contribution in [1.29, 1.82) is 0 Å². The quantitative estimate of drug-likeness (QED) is 0.714. The maximum atomic E-state index is 13.9. The van der Waals surface area contributed by atoms with Crippen LogP contribution in [0, 0.1) is 5.82 Å². The summed E-state index contributed by atoms with van der Waals surface area (Å²) in [7, 11) is 0. The van der Waals surface area contributed by atoms with Crippen molar-refractivity contribution in [3.8, 4) is 0 Å². The number of oxazole rings is 1. The molecular weight excluding hydrogens is 321 g/mol. The van der Waals surface area contributed by atoms with Crippen molar-refractivity contribution in [3.63, 3.8) is 0 Å². The molecular formula is C18H20FN5O. The normalized spacial score (nSPS) is 14.6. The zero-order valence-electron chi connectivity index (χ0n) is 14.2. The molecule has 2 aromatic heterocycles. The van der Waals surface area contributed by atoms with Gasteiger partial charge >= 0.3 is 0 Å². The zero-order chi connectivity index (χ0) is 17.2. The minimum Gasteiger partial charge on any atom is -0.444 e. The van der Waals surface area contributed by atoms with Gasteiger partial charge in [-0.25, -0.2) is 9.37 Å². The second-order valence-corrected chi connectivity index (χ2v) is 6.24. The molecule has 0 aliphatic carbocycles. The lowest BCUT2D eigenvalue weighted by molar-refractivity contribution is 0.191. The van der Waals surface area contributed by atoms with Crippen molar-refractivity contribution in [3.05, 3.63) is 65.1 Å². The van der Waals surface area contributed by atoms with Gasteiger partial charge in [-0.15, -0.1) is 10.2 Å². The molecule has 1 aliphatic heterocycles. The Morgan fingerprint density at radius 1 is 1.20 bits per heavy atom. The number of aryl methyl sites for hydroxylation is 1. The van der Waals surface area contributed by atoms with Crippen LogP contribution in [-0.4, -0.2) is 31.2 Å². The van der Waals surface area contributed by atoms with Gasteiger partial charge in [0.25, 0.3) is 0 Å². The van der Waals surface area contributed by atoms with Gasteiger partial charge in [-0.1, -0.05) is 25.1 Å². The van der Waals surface area contributed by atoms with E-state index in [0.717, 1.165) is 42.8 Å².